The average molecular weight is 1370 g/mol. The molecule has 0 unspecified atom stereocenters. The highest BCUT2D eigenvalue weighted by molar-refractivity contribution is 7.29. The highest BCUT2D eigenvalue weighted by Crippen LogP contribution is 2.69. The van der Waals surface area contributed by atoms with E-state index >= 15 is 17.6 Å². The highest BCUT2D eigenvalue weighted by atomic mass is 32.1. The highest BCUT2D eigenvalue weighted by Gasteiger charge is 2.54. The number of aromatic nitrogens is 4. The van der Waals surface area contributed by atoms with E-state index in [0.29, 0.717) is 37.2 Å². The lowest BCUT2D eigenvalue weighted by atomic mass is 9.66. The van der Waals surface area contributed by atoms with Crippen molar-refractivity contribution in [2.24, 2.45) is 0 Å². The van der Waals surface area contributed by atoms with Crippen molar-refractivity contribution in [1.29, 1.82) is 15.8 Å². The maximum absolute atomic E-state index is 15.1. The number of nitrogens with zero attached hydrogens (tertiary/aromatic N) is 8. The van der Waals surface area contributed by atoms with E-state index in [1.807, 2.05) is 58.0 Å². The maximum atomic E-state index is 15.1. The normalized spacial score (nSPS) is 15.9. The molecule has 0 amide bonds. The summed E-state index contributed by atoms with van der Waals surface area (Å²) in [4.78, 5) is 37.2. The Kier molecular flexibility index (Phi) is 12.7. The molecule has 6 aromatic heterocycles. The first-order valence-electron chi connectivity index (χ1n) is 30.4. The van der Waals surface area contributed by atoms with Gasteiger partial charge in [0.25, 0.3) is 5.70 Å². The summed E-state index contributed by atoms with van der Waals surface area (Å²) in [5.74, 6) is -6.26. The number of thiophene rings is 4. The summed E-state index contributed by atoms with van der Waals surface area (Å²) in [6.45, 7) is 16.1. The molecule has 0 saturated carbocycles. The standard InChI is InChI=1S/C78H36F4N8O3S5/c1-33-6-14-38(15-7-33)77(39-16-8-34(2)9-17-39)50-24-42(22-48-57(37(30-83)31-84)44-26-52(79)54(81)28-46(44)69(48)91)94-72(50)76-63(77)61-59-60(66-68(74(61)97-76)90-98-89-66)62-64-75(96-73(62)67-65(59)87-93-88-67)71-51(78(64,40-18-10-35(3)11-19-40)41-20-12-36(4)13-21-41)25-43(95-71)23-49-58(56(32-85)86-5)45-27-53(80)55(82)29-47(45)70(49)92/h6-29H,1-4H3/b48-22-,49-23-,58-56?. The zero-order chi connectivity index (χ0) is 67.3. The Morgan fingerprint density at radius 3 is 1.30 bits per heavy atom. The number of nitriles is 3. The number of ketones is 2. The van der Waals surface area contributed by atoms with Gasteiger partial charge in [-0.05, 0) is 142 Å². The van der Waals surface area contributed by atoms with E-state index < -0.39 is 56.9 Å². The van der Waals surface area contributed by atoms with Gasteiger partial charge >= 0.3 is 0 Å². The number of carbonyl (C=O) groups is 2. The van der Waals surface area contributed by atoms with Gasteiger partial charge in [0.05, 0.1) is 64.1 Å². The Hall–Kier alpha value is -11.5. The molecule has 0 N–H and O–H groups in total. The summed E-state index contributed by atoms with van der Waals surface area (Å²) in [5, 5.41) is 43.9. The minimum Gasteiger partial charge on any atom is -0.289 e. The lowest BCUT2D eigenvalue weighted by molar-refractivity contribution is 0.103. The number of allylic oxidation sites excluding steroid dienone is 6. The van der Waals surface area contributed by atoms with Crippen molar-refractivity contribution in [3.63, 3.8) is 0 Å². The fourth-order valence-electron chi connectivity index (χ4n) is 15.4. The lowest BCUT2D eigenvalue weighted by Crippen LogP contribution is -2.28. The van der Waals surface area contributed by atoms with Crippen molar-refractivity contribution in [2.75, 3.05) is 0 Å². The number of aryl methyl sites for hydroxylation is 4. The van der Waals surface area contributed by atoms with Crippen molar-refractivity contribution in [1.82, 2.24) is 19.1 Å². The number of benzene rings is 8. The Bertz CT molecular complexity index is 5910. The molecular formula is C78H36F4N8O3S5. The predicted octanol–water partition coefficient (Wildman–Crippen LogP) is 20.0. The van der Waals surface area contributed by atoms with Crippen LogP contribution in [-0.2, 0) is 10.8 Å². The Morgan fingerprint density at radius 2 is 0.867 bits per heavy atom. The molecule has 0 fully saturated rings. The molecule has 0 bridgehead atoms. The second-order valence-electron chi connectivity index (χ2n) is 24.8. The number of carbonyl (C=O) groups excluding carboxylic acids is 2. The zero-order valence-electron chi connectivity index (χ0n) is 51.2. The van der Waals surface area contributed by atoms with Crippen molar-refractivity contribution in [3.05, 3.63) is 289 Å². The fraction of sp³-hybridized carbons (Fsp3) is 0.0769. The topological polar surface area (TPSA) is 175 Å². The molecule has 20 heteroatoms. The summed E-state index contributed by atoms with van der Waals surface area (Å²) in [5.41, 5.74) is 9.63. The number of Topliss-reactive ketones (excluding diaryl/α,β-unsaturated/α-hetero) is 2. The van der Waals surface area contributed by atoms with Crippen molar-refractivity contribution < 1.29 is 31.8 Å². The first-order valence-corrected chi connectivity index (χ1v) is 34.4. The molecule has 0 radical (unpaired) electrons. The third-order valence-corrected chi connectivity index (χ3v) is 25.0. The van der Waals surface area contributed by atoms with E-state index in [1.165, 1.54) is 34.0 Å². The van der Waals surface area contributed by atoms with E-state index in [9.17, 15) is 25.4 Å². The maximum Gasteiger partial charge on any atom is 0.270 e. The van der Waals surface area contributed by atoms with E-state index in [4.69, 9.17) is 30.3 Å². The van der Waals surface area contributed by atoms with Crippen molar-refractivity contribution in [2.45, 2.75) is 38.5 Å². The van der Waals surface area contributed by atoms with Gasteiger partial charge in [-0.1, -0.05) is 119 Å². The Balaban J connectivity index is 0.975. The summed E-state index contributed by atoms with van der Waals surface area (Å²) in [6, 6.07) is 46.8. The third kappa shape index (κ3) is 7.71. The molecule has 98 heavy (non-hydrogen) atoms. The van der Waals surface area contributed by atoms with Crippen LogP contribution in [0.15, 0.2) is 161 Å². The van der Waals surface area contributed by atoms with Gasteiger partial charge in [-0.25, -0.2) is 32.3 Å². The van der Waals surface area contributed by atoms with Gasteiger partial charge in [-0.2, -0.15) is 19.3 Å². The van der Waals surface area contributed by atoms with Crippen LogP contribution in [0.3, 0.4) is 0 Å². The predicted molar refractivity (Wildman–Crippen MR) is 375 cm³/mol. The molecule has 0 saturated heterocycles. The number of rotatable bonds is 6. The third-order valence-electron chi connectivity index (χ3n) is 19.5. The van der Waals surface area contributed by atoms with E-state index in [2.05, 4.69) is 102 Å². The summed E-state index contributed by atoms with van der Waals surface area (Å²) in [6.07, 6.45) is 3.23. The average Bonchev–Trinajstić information content (AvgIpc) is 1.49. The van der Waals surface area contributed by atoms with Crippen molar-refractivity contribution in [3.8, 4) is 37.7 Å². The van der Waals surface area contributed by atoms with E-state index in [1.54, 1.807) is 23.5 Å². The fourth-order valence-corrected chi connectivity index (χ4v) is 21.3. The summed E-state index contributed by atoms with van der Waals surface area (Å²) < 4.78 is 78.4. The molecule has 8 aromatic carbocycles. The number of fused-ring (bicyclic) bond motifs is 21. The Labute approximate surface area is 573 Å². The minimum atomic E-state index is -1.24. The smallest absolute Gasteiger partial charge is 0.270 e. The second-order valence-corrected chi connectivity index (χ2v) is 29.5. The Morgan fingerprint density at radius 1 is 0.480 bits per heavy atom. The first-order chi connectivity index (χ1) is 47.5. The van der Waals surface area contributed by atoms with Crippen LogP contribution < -0.4 is 0 Å². The molecular weight excluding hydrogens is 1330 g/mol. The molecule has 4 aliphatic carbocycles. The zero-order valence-corrected chi connectivity index (χ0v) is 55.3. The van der Waals surface area contributed by atoms with Crippen molar-refractivity contribution >= 4 is 145 Å². The molecule has 14 aromatic rings. The quantitative estimate of drug-likeness (QED) is 0.0674. The molecule has 4 aliphatic rings. The minimum absolute atomic E-state index is 0.0431. The van der Waals surface area contributed by atoms with Crippen LogP contribution in [0.4, 0.5) is 17.6 Å². The molecule has 464 valence electrons. The van der Waals surface area contributed by atoms with Crippen LogP contribution >= 0.6 is 57.1 Å². The number of hydrogen-bond donors (Lipinski definition) is 0. The number of halogens is 4. The SMILES string of the molecule is [C-]#[N+]C(C#N)=C1/C(=C/c2cc3c(s2)-c2sc4c5nonc5c5c6c7c(sc6c6nsnc6c5c4c2C3(c2ccc(C)cc2)c2ccc(C)cc2)-c2sc(/C=C3\C(=O)c4cc(F)c(F)cc4C3=C(C#N)C#N)cc2C7(c2ccc(C)cc2)c2ccc(C)cc2)C(=O)c2cc(F)c(F)cc21. The van der Waals surface area contributed by atoms with Crippen LogP contribution in [0, 0.1) is 91.5 Å². The molecule has 11 nitrogen and oxygen atoms in total. The van der Waals surface area contributed by atoms with Gasteiger partial charge < -0.3 is 0 Å². The van der Waals surface area contributed by atoms with Crippen LogP contribution in [0.1, 0.15) is 108 Å². The first kappa shape index (κ1) is 59.1. The van der Waals surface area contributed by atoms with Crippen LogP contribution in [0.2, 0.25) is 0 Å². The molecule has 0 spiro atoms. The van der Waals surface area contributed by atoms with E-state index in [0.717, 1.165) is 148 Å². The van der Waals surface area contributed by atoms with Crippen LogP contribution in [0.5, 0.6) is 0 Å². The van der Waals surface area contributed by atoms with Gasteiger partial charge in [0.2, 0.25) is 0 Å². The molecule has 0 aliphatic heterocycles. The summed E-state index contributed by atoms with van der Waals surface area (Å²) >= 11 is 6.98. The molecule has 0 atom stereocenters. The molecule has 6 heterocycles. The second kappa shape index (κ2) is 21.0. The van der Waals surface area contributed by atoms with Gasteiger partial charge in [0, 0.05) is 64.7 Å². The van der Waals surface area contributed by atoms with Gasteiger partial charge in [0.15, 0.2) is 40.4 Å². The van der Waals surface area contributed by atoms with Gasteiger partial charge in [-0.3, -0.25) is 9.59 Å². The van der Waals surface area contributed by atoms with Crippen LogP contribution in [0.25, 0.3) is 101 Å². The molecule has 18 rings (SSSR count). The van der Waals surface area contributed by atoms with E-state index in [-0.39, 0.29) is 44.5 Å². The lowest BCUT2D eigenvalue weighted by Gasteiger charge is -2.34. The summed E-state index contributed by atoms with van der Waals surface area (Å²) in [7, 11) is 0. The largest absolute Gasteiger partial charge is 0.289 e. The van der Waals surface area contributed by atoms with Gasteiger partial charge in [-0.15, -0.1) is 45.3 Å². The monoisotopic (exact) mass is 1370 g/mol. The van der Waals surface area contributed by atoms with Gasteiger partial charge in [0.1, 0.15) is 34.3 Å². The number of hydrogen-bond acceptors (Lipinski definition) is 15. The van der Waals surface area contributed by atoms with Crippen LogP contribution in [-0.4, -0.2) is 30.6 Å².